The zero-order valence-corrected chi connectivity index (χ0v) is 10.5. The van der Waals surface area contributed by atoms with Gasteiger partial charge >= 0.3 is 0 Å². The number of fused-ring (bicyclic) bond motifs is 1. The molecule has 1 aliphatic carbocycles. The maximum absolute atomic E-state index is 5.58. The van der Waals surface area contributed by atoms with E-state index in [1.165, 1.54) is 36.8 Å². The van der Waals surface area contributed by atoms with Gasteiger partial charge in [0, 0.05) is 12.5 Å². The smallest absolute Gasteiger partial charge is 0.122 e. The fourth-order valence-corrected chi connectivity index (χ4v) is 3.31. The Balaban J connectivity index is 1.87. The van der Waals surface area contributed by atoms with E-state index in [2.05, 4.69) is 30.6 Å². The molecule has 0 spiro atoms. The lowest BCUT2D eigenvalue weighted by Crippen LogP contribution is -2.34. The van der Waals surface area contributed by atoms with E-state index in [0.29, 0.717) is 12.0 Å². The van der Waals surface area contributed by atoms with Gasteiger partial charge in [-0.15, -0.1) is 0 Å². The molecule has 2 aliphatic rings. The molecule has 17 heavy (non-hydrogen) atoms. The molecule has 0 radical (unpaired) electrons. The molecule has 2 heteroatoms. The second-order valence-electron chi connectivity index (χ2n) is 5.25. The molecular formula is C15H21NO. The maximum Gasteiger partial charge on any atom is 0.122 e. The van der Waals surface area contributed by atoms with E-state index in [4.69, 9.17) is 4.74 Å². The first-order valence-corrected chi connectivity index (χ1v) is 6.81. The molecule has 1 fully saturated rings. The third kappa shape index (κ3) is 2.06. The van der Waals surface area contributed by atoms with Crippen molar-refractivity contribution in [1.82, 2.24) is 5.32 Å². The number of hydrogen-bond acceptors (Lipinski definition) is 2. The monoisotopic (exact) mass is 231 g/mol. The van der Waals surface area contributed by atoms with Crippen LogP contribution in [0.4, 0.5) is 0 Å². The first-order valence-electron chi connectivity index (χ1n) is 6.81. The van der Waals surface area contributed by atoms with E-state index < -0.39 is 0 Å². The Morgan fingerprint density at radius 2 is 2.12 bits per heavy atom. The van der Waals surface area contributed by atoms with Crippen molar-refractivity contribution >= 4 is 0 Å². The molecule has 0 bridgehead atoms. The van der Waals surface area contributed by atoms with Gasteiger partial charge in [0.2, 0.25) is 0 Å². The highest BCUT2D eigenvalue weighted by Gasteiger charge is 2.26. The van der Waals surface area contributed by atoms with Crippen molar-refractivity contribution < 1.29 is 4.74 Å². The van der Waals surface area contributed by atoms with Crippen molar-refractivity contribution in [2.75, 3.05) is 13.7 Å². The molecule has 1 aliphatic heterocycles. The zero-order chi connectivity index (χ0) is 11.7. The van der Waals surface area contributed by atoms with Crippen molar-refractivity contribution in [3.63, 3.8) is 0 Å². The third-order valence-electron chi connectivity index (χ3n) is 4.28. The first kappa shape index (κ1) is 11.1. The molecule has 0 amide bonds. The third-order valence-corrected chi connectivity index (χ3v) is 4.28. The summed E-state index contributed by atoms with van der Waals surface area (Å²) < 4.78 is 5.58. The number of nitrogens with one attached hydrogen (secondary N) is 1. The average molecular weight is 231 g/mol. The summed E-state index contributed by atoms with van der Waals surface area (Å²) in [4.78, 5) is 0. The van der Waals surface area contributed by atoms with Gasteiger partial charge in [-0.2, -0.15) is 0 Å². The number of likely N-dealkylation sites (N-methyl/N-ethyl adjacent to an activating group) is 1. The lowest BCUT2D eigenvalue weighted by Gasteiger charge is -2.31. The Bertz CT molecular complexity index is 402. The number of benzene rings is 1. The van der Waals surface area contributed by atoms with Crippen LogP contribution in [0.5, 0.6) is 5.75 Å². The number of rotatable bonds is 2. The molecule has 1 N–H and O–H groups in total. The Kier molecular flexibility index (Phi) is 3.06. The highest BCUT2D eigenvalue weighted by atomic mass is 16.5. The van der Waals surface area contributed by atoms with E-state index in [1.54, 1.807) is 0 Å². The predicted octanol–water partition coefficient (Wildman–Crippen LogP) is 2.87. The minimum atomic E-state index is 0.657. The summed E-state index contributed by atoms with van der Waals surface area (Å²) in [6, 6.07) is 7.47. The first-order chi connectivity index (χ1) is 8.38. The summed E-state index contributed by atoms with van der Waals surface area (Å²) in [7, 11) is 2.10. The molecule has 1 aromatic carbocycles. The van der Waals surface area contributed by atoms with E-state index in [9.17, 15) is 0 Å². The summed E-state index contributed by atoms with van der Waals surface area (Å²) in [5.41, 5.74) is 2.91. The van der Waals surface area contributed by atoms with Crippen LogP contribution in [0.25, 0.3) is 0 Å². The summed E-state index contributed by atoms with van der Waals surface area (Å²) in [6.45, 7) is 0.860. The fourth-order valence-electron chi connectivity index (χ4n) is 3.31. The zero-order valence-electron chi connectivity index (χ0n) is 10.5. The van der Waals surface area contributed by atoms with Crippen LogP contribution in [-0.2, 0) is 6.42 Å². The Labute approximate surface area is 103 Å². The van der Waals surface area contributed by atoms with Crippen LogP contribution >= 0.6 is 0 Å². The van der Waals surface area contributed by atoms with Crippen LogP contribution in [0.1, 0.15) is 42.7 Å². The van der Waals surface area contributed by atoms with Gasteiger partial charge in [-0.3, -0.25) is 0 Å². The Morgan fingerprint density at radius 1 is 1.24 bits per heavy atom. The van der Waals surface area contributed by atoms with E-state index in [0.717, 1.165) is 18.8 Å². The topological polar surface area (TPSA) is 21.3 Å². The van der Waals surface area contributed by atoms with Crippen molar-refractivity contribution in [3.8, 4) is 5.75 Å². The van der Waals surface area contributed by atoms with Gasteiger partial charge in [0.05, 0.1) is 6.61 Å². The molecular weight excluding hydrogens is 210 g/mol. The molecule has 2 nitrogen and oxygen atoms in total. The standard InChI is InChI=1S/C15H21NO/c1-16-14-5-3-2-4-13(14)11-6-7-15-12(10-11)8-9-17-15/h6-7,10,13-14,16H,2-5,8-9H2,1H3. The summed E-state index contributed by atoms with van der Waals surface area (Å²) >= 11 is 0. The van der Waals surface area contributed by atoms with Gasteiger partial charge < -0.3 is 10.1 Å². The van der Waals surface area contributed by atoms with Gasteiger partial charge in [0.25, 0.3) is 0 Å². The van der Waals surface area contributed by atoms with Crippen LogP contribution in [-0.4, -0.2) is 19.7 Å². The average Bonchev–Trinajstić information content (AvgIpc) is 2.85. The maximum atomic E-state index is 5.58. The molecule has 1 saturated carbocycles. The molecule has 1 aromatic rings. The van der Waals surface area contributed by atoms with E-state index >= 15 is 0 Å². The summed E-state index contributed by atoms with van der Waals surface area (Å²) in [5, 5.41) is 3.49. The van der Waals surface area contributed by atoms with Gasteiger partial charge in [-0.25, -0.2) is 0 Å². The second-order valence-corrected chi connectivity index (χ2v) is 5.25. The lowest BCUT2D eigenvalue weighted by atomic mass is 9.79. The van der Waals surface area contributed by atoms with Crippen LogP contribution in [0, 0.1) is 0 Å². The summed E-state index contributed by atoms with van der Waals surface area (Å²) in [5.74, 6) is 1.80. The second kappa shape index (κ2) is 4.69. The molecule has 2 atom stereocenters. The highest BCUT2D eigenvalue weighted by molar-refractivity contribution is 5.41. The van der Waals surface area contributed by atoms with Crippen molar-refractivity contribution in [2.45, 2.75) is 44.1 Å². The van der Waals surface area contributed by atoms with E-state index in [-0.39, 0.29) is 0 Å². The predicted molar refractivity (Wildman–Crippen MR) is 69.7 cm³/mol. The van der Waals surface area contributed by atoms with Gasteiger partial charge in [0.1, 0.15) is 5.75 Å². The number of ether oxygens (including phenoxy) is 1. The molecule has 2 unspecified atom stereocenters. The SMILES string of the molecule is CNC1CCCCC1c1ccc2c(c1)CCO2. The molecule has 1 heterocycles. The molecule has 0 aromatic heterocycles. The van der Waals surface area contributed by atoms with Crippen LogP contribution < -0.4 is 10.1 Å². The van der Waals surface area contributed by atoms with Crippen molar-refractivity contribution in [2.24, 2.45) is 0 Å². The molecule has 92 valence electrons. The summed E-state index contributed by atoms with van der Waals surface area (Å²) in [6.07, 6.45) is 6.46. The normalized spacial score (nSPS) is 27.6. The van der Waals surface area contributed by atoms with Gasteiger partial charge in [0.15, 0.2) is 0 Å². The quantitative estimate of drug-likeness (QED) is 0.845. The molecule has 3 rings (SSSR count). The van der Waals surface area contributed by atoms with Gasteiger partial charge in [-0.05, 0) is 43.0 Å². The Morgan fingerprint density at radius 3 is 3.00 bits per heavy atom. The van der Waals surface area contributed by atoms with Crippen molar-refractivity contribution in [3.05, 3.63) is 29.3 Å². The van der Waals surface area contributed by atoms with Crippen LogP contribution in [0.3, 0.4) is 0 Å². The van der Waals surface area contributed by atoms with Gasteiger partial charge in [-0.1, -0.05) is 25.0 Å². The molecule has 0 saturated heterocycles. The lowest BCUT2D eigenvalue weighted by molar-refractivity contribution is 0.343. The van der Waals surface area contributed by atoms with Crippen LogP contribution in [0.2, 0.25) is 0 Å². The largest absolute Gasteiger partial charge is 0.493 e. The van der Waals surface area contributed by atoms with Crippen molar-refractivity contribution in [1.29, 1.82) is 0 Å². The minimum absolute atomic E-state index is 0.657. The minimum Gasteiger partial charge on any atom is -0.493 e. The highest BCUT2D eigenvalue weighted by Crippen LogP contribution is 2.36. The van der Waals surface area contributed by atoms with E-state index in [1.807, 2.05) is 0 Å². The number of hydrogen-bond donors (Lipinski definition) is 1. The Hall–Kier alpha value is -1.02. The fraction of sp³-hybridized carbons (Fsp3) is 0.600. The van der Waals surface area contributed by atoms with Crippen LogP contribution in [0.15, 0.2) is 18.2 Å².